The van der Waals surface area contributed by atoms with Crippen molar-refractivity contribution in [2.24, 2.45) is 0 Å². The summed E-state index contributed by atoms with van der Waals surface area (Å²) in [6.45, 7) is -0.147. The van der Waals surface area contributed by atoms with Gasteiger partial charge < -0.3 is 14.5 Å². The number of anilines is 1. The molecule has 0 spiro atoms. The van der Waals surface area contributed by atoms with Crippen LogP contribution in [0, 0.1) is 10.1 Å². The minimum atomic E-state index is -0.597. The van der Waals surface area contributed by atoms with E-state index < -0.39 is 10.8 Å². The van der Waals surface area contributed by atoms with Crippen molar-refractivity contribution in [1.29, 1.82) is 0 Å². The summed E-state index contributed by atoms with van der Waals surface area (Å²) in [4.78, 5) is 22.9. The number of non-ortho nitro benzene ring substituents is 1. The predicted molar refractivity (Wildman–Crippen MR) is 131 cm³/mol. The van der Waals surface area contributed by atoms with E-state index in [1.165, 1.54) is 24.3 Å². The number of rotatable bonds is 6. The number of benzene rings is 2. The summed E-state index contributed by atoms with van der Waals surface area (Å²) in [6, 6.07) is 5.46. The largest absolute Gasteiger partial charge is 0.482 e. The highest BCUT2D eigenvalue weighted by Crippen LogP contribution is 2.48. The molecule has 0 aliphatic rings. The van der Waals surface area contributed by atoms with E-state index in [1.807, 2.05) is 0 Å². The first-order chi connectivity index (χ1) is 15.0. The number of furan rings is 1. The number of nitro groups is 1. The smallest absolute Gasteiger partial charge is 0.291 e. The summed E-state index contributed by atoms with van der Waals surface area (Å²) < 4.78 is 11.7. The summed E-state index contributed by atoms with van der Waals surface area (Å²) in [6.07, 6.45) is 0. The van der Waals surface area contributed by atoms with Gasteiger partial charge in [-0.3, -0.25) is 14.9 Å². The van der Waals surface area contributed by atoms with Crippen molar-refractivity contribution in [2.75, 3.05) is 5.32 Å². The van der Waals surface area contributed by atoms with Gasteiger partial charge in [-0.15, -0.1) is 0 Å². The minimum Gasteiger partial charge on any atom is -0.482 e. The normalized spacial score (nSPS) is 10.8. The molecule has 1 amide bonds. The third kappa shape index (κ3) is 5.30. The van der Waals surface area contributed by atoms with Gasteiger partial charge >= 0.3 is 0 Å². The van der Waals surface area contributed by atoms with Gasteiger partial charge in [-0.1, -0.05) is 58.0 Å². The number of amides is 1. The molecule has 0 saturated carbocycles. The SMILES string of the molecule is O=C(Nc1c(Br)cc([N+](=O)[O-])cc1Br)c1ccc(COc2c(Cl)c(Cl)c(Cl)c(Cl)c2Cl)o1. The second-order valence-corrected chi connectivity index (χ2v) is 9.55. The Hall–Kier alpha value is -1.20. The lowest BCUT2D eigenvalue weighted by atomic mass is 10.2. The Morgan fingerprint density at radius 2 is 1.53 bits per heavy atom. The molecule has 3 rings (SSSR count). The van der Waals surface area contributed by atoms with Crippen LogP contribution < -0.4 is 10.1 Å². The van der Waals surface area contributed by atoms with Crippen LogP contribution in [0.5, 0.6) is 5.75 Å². The topological polar surface area (TPSA) is 94.6 Å². The zero-order valence-electron chi connectivity index (χ0n) is 15.2. The van der Waals surface area contributed by atoms with Crippen LogP contribution in [0.25, 0.3) is 0 Å². The maximum atomic E-state index is 12.5. The first kappa shape index (κ1) is 25.4. The van der Waals surface area contributed by atoms with Crippen molar-refractivity contribution >= 4 is 107 Å². The fraction of sp³-hybridized carbons (Fsp3) is 0.0556. The Morgan fingerprint density at radius 3 is 2.06 bits per heavy atom. The number of hydrogen-bond donors (Lipinski definition) is 1. The number of nitrogens with one attached hydrogen (secondary N) is 1. The molecule has 0 aliphatic carbocycles. The van der Waals surface area contributed by atoms with Crippen molar-refractivity contribution in [3.8, 4) is 5.75 Å². The van der Waals surface area contributed by atoms with Crippen LogP contribution in [-0.2, 0) is 6.61 Å². The molecule has 0 unspecified atom stereocenters. The Morgan fingerprint density at radius 1 is 1.00 bits per heavy atom. The van der Waals surface area contributed by atoms with Crippen molar-refractivity contribution in [3.05, 3.63) is 80.0 Å². The molecular formula is C18H7Br2Cl5N2O5. The van der Waals surface area contributed by atoms with Crippen LogP contribution in [0.4, 0.5) is 11.4 Å². The highest BCUT2D eigenvalue weighted by Gasteiger charge is 2.22. The van der Waals surface area contributed by atoms with Gasteiger partial charge in [0.25, 0.3) is 11.6 Å². The van der Waals surface area contributed by atoms with E-state index in [0.717, 1.165) is 0 Å². The first-order valence-corrected chi connectivity index (χ1v) is 11.7. The van der Waals surface area contributed by atoms with E-state index in [9.17, 15) is 14.9 Å². The molecule has 2 aromatic carbocycles. The molecule has 0 atom stereocenters. The average Bonchev–Trinajstić information content (AvgIpc) is 3.22. The average molecular weight is 668 g/mol. The van der Waals surface area contributed by atoms with Gasteiger partial charge in [0.15, 0.2) is 11.5 Å². The van der Waals surface area contributed by atoms with E-state index in [-0.39, 0.29) is 54.7 Å². The number of nitrogens with zero attached hydrogens (tertiary/aromatic N) is 1. The van der Waals surface area contributed by atoms with Crippen LogP contribution >= 0.6 is 89.9 Å². The molecule has 1 heterocycles. The lowest BCUT2D eigenvalue weighted by molar-refractivity contribution is -0.385. The summed E-state index contributed by atoms with van der Waals surface area (Å²) in [5, 5.41) is 13.5. The zero-order valence-corrected chi connectivity index (χ0v) is 22.1. The lowest BCUT2D eigenvalue weighted by Crippen LogP contribution is -2.12. The van der Waals surface area contributed by atoms with E-state index in [2.05, 4.69) is 37.2 Å². The Balaban J connectivity index is 1.75. The molecule has 14 heteroatoms. The zero-order chi connectivity index (χ0) is 23.7. The molecule has 1 N–H and O–H groups in total. The summed E-state index contributed by atoms with van der Waals surface area (Å²) in [5.74, 6) is -0.356. The Labute approximate surface area is 222 Å². The second-order valence-electron chi connectivity index (χ2n) is 5.95. The third-order valence-electron chi connectivity index (χ3n) is 3.89. The van der Waals surface area contributed by atoms with Crippen molar-refractivity contribution < 1.29 is 18.9 Å². The molecule has 32 heavy (non-hydrogen) atoms. The minimum absolute atomic E-state index is 0.00351. The number of halogens is 7. The molecule has 0 bridgehead atoms. The highest BCUT2D eigenvalue weighted by atomic mass is 79.9. The van der Waals surface area contributed by atoms with E-state index in [0.29, 0.717) is 14.6 Å². The lowest BCUT2D eigenvalue weighted by Gasteiger charge is -2.13. The van der Waals surface area contributed by atoms with Gasteiger partial charge in [0.2, 0.25) is 0 Å². The van der Waals surface area contributed by atoms with Crippen molar-refractivity contribution in [2.45, 2.75) is 6.61 Å². The summed E-state index contributed by atoms with van der Waals surface area (Å²) in [5.41, 5.74) is 0.137. The van der Waals surface area contributed by atoms with Crippen molar-refractivity contribution in [1.82, 2.24) is 0 Å². The van der Waals surface area contributed by atoms with Crippen LogP contribution in [0.15, 0.2) is 37.6 Å². The monoisotopic (exact) mass is 664 g/mol. The van der Waals surface area contributed by atoms with Crippen LogP contribution in [0.3, 0.4) is 0 Å². The summed E-state index contributed by atoms with van der Waals surface area (Å²) in [7, 11) is 0. The predicted octanol–water partition coefficient (Wildman–Crippen LogP) is 8.81. The maximum Gasteiger partial charge on any atom is 0.291 e. The molecule has 1 aromatic heterocycles. The maximum absolute atomic E-state index is 12.5. The molecule has 0 radical (unpaired) electrons. The van der Waals surface area contributed by atoms with Gasteiger partial charge in [0.05, 0.1) is 25.7 Å². The fourth-order valence-corrected chi connectivity index (χ4v) is 4.98. The fourth-order valence-electron chi connectivity index (χ4n) is 2.39. The van der Waals surface area contributed by atoms with E-state index >= 15 is 0 Å². The molecule has 0 aliphatic heterocycles. The molecular weight excluding hydrogens is 661 g/mol. The number of ether oxygens (including phenoxy) is 1. The van der Waals surface area contributed by atoms with Crippen LogP contribution in [0.2, 0.25) is 25.1 Å². The number of hydrogen-bond acceptors (Lipinski definition) is 5. The Bertz CT molecular complexity index is 1200. The van der Waals surface area contributed by atoms with Gasteiger partial charge in [-0.05, 0) is 44.0 Å². The van der Waals surface area contributed by atoms with Gasteiger partial charge in [0, 0.05) is 21.1 Å². The first-order valence-electron chi connectivity index (χ1n) is 8.19. The molecule has 7 nitrogen and oxygen atoms in total. The second kappa shape index (κ2) is 10.4. The quantitative estimate of drug-likeness (QED) is 0.123. The standard InChI is InChI=1S/C18H7Br2Cl5N2O5/c19-8-3-6(27(29)30)4-9(20)16(8)26-18(28)10-2-1-7(32-10)5-31-17-14(24)12(22)11(21)13(23)15(17)25/h1-4H,5H2,(H,26,28). The molecule has 0 fully saturated rings. The molecule has 0 saturated heterocycles. The van der Waals surface area contributed by atoms with Crippen molar-refractivity contribution in [3.63, 3.8) is 0 Å². The molecule has 3 aromatic rings. The number of carbonyl (C=O) groups excluding carboxylic acids is 1. The van der Waals surface area contributed by atoms with E-state index in [1.54, 1.807) is 0 Å². The van der Waals surface area contributed by atoms with Crippen LogP contribution in [0.1, 0.15) is 16.3 Å². The number of carbonyl (C=O) groups is 1. The van der Waals surface area contributed by atoms with Crippen LogP contribution in [-0.4, -0.2) is 10.8 Å². The summed E-state index contributed by atoms with van der Waals surface area (Å²) >= 11 is 36.6. The number of nitro benzene ring substituents is 1. The Kier molecular flexibility index (Phi) is 8.25. The van der Waals surface area contributed by atoms with E-state index in [4.69, 9.17) is 67.2 Å². The van der Waals surface area contributed by atoms with Gasteiger partial charge in [-0.2, -0.15) is 0 Å². The van der Waals surface area contributed by atoms with Gasteiger partial charge in [-0.25, -0.2) is 0 Å². The molecule has 168 valence electrons. The highest BCUT2D eigenvalue weighted by molar-refractivity contribution is 9.11. The third-order valence-corrected chi connectivity index (χ3v) is 7.38. The van der Waals surface area contributed by atoms with Gasteiger partial charge in [0.1, 0.15) is 22.4 Å².